The summed E-state index contributed by atoms with van der Waals surface area (Å²) >= 11 is 0. The number of hydrogen-bond donors (Lipinski definition) is 1. The Labute approximate surface area is 86.4 Å². The molecule has 0 saturated heterocycles. The van der Waals surface area contributed by atoms with E-state index in [2.05, 4.69) is 13.8 Å². The van der Waals surface area contributed by atoms with Crippen LogP contribution in [0.4, 0.5) is 0 Å². The molecular formula is C11H22O3. The minimum absolute atomic E-state index is 0.170. The molecule has 0 aromatic rings. The Morgan fingerprint density at radius 1 is 1.21 bits per heavy atom. The summed E-state index contributed by atoms with van der Waals surface area (Å²) in [6.45, 7) is 6.37. The highest BCUT2D eigenvalue weighted by Crippen LogP contribution is 2.51. The van der Waals surface area contributed by atoms with Crippen molar-refractivity contribution < 1.29 is 14.6 Å². The van der Waals surface area contributed by atoms with Crippen LogP contribution < -0.4 is 0 Å². The molecule has 0 aliphatic heterocycles. The normalized spacial score (nSPS) is 36.6. The van der Waals surface area contributed by atoms with Crippen LogP contribution in [0.3, 0.4) is 0 Å². The minimum atomic E-state index is -0.345. The summed E-state index contributed by atoms with van der Waals surface area (Å²) in [5, 5.41) is 10.1. The first kappa shape index (κ1) is 12.0. The first-order valence-corrected chi connectivity index (χ1v) is 5.09. The number of hydrogen-bond acceptors (Lipinski definition) is 3. The number of aliphatic hydroxyl groups is 1. The molecule has 1 aliphatic carbocycles. The lowest BCUT2D eigenvalue weighted by Gasteiger charge is -2.35. The second-order valence-electron chi connectivity index (χ2n) is 5.37. The first-order valence-electron chi connectivity index (χ1n) is 5.09. The van der Waals surface area contributed by atoms with Crippen LogP contribution in [-0.4, -0.2) is 31.7 Å². The van der Waals surface area contributed by atoms with Crippen LogP contribution in [0.1, 0.15) is 33.6 Å². The molecule has 0 aromatic heterocycles. The summed E-state index contributed by atoms with van der Waals surface area (Å²) in [6.07, 6.45) is 1.07. The van der Waals surface area contributed by atoms with E-state index >= 15 is 0 Å². The zero-order valence-corrected chi connectivity index (χ0v) is 9.83. The van der Waals surface area contributed by atoms with Gasteiger partial charge < -0.3 is 14.6 Å². The van der Waals surface area contributed by atoms with Crippen LogP contribution in [0.25, 0.3) is 0 Å². The molecule has 0 aromatic carbocycles. The van der Waals surface area contributed by atoms with E-state index in [9.17, 15) is 5.11 Å². The number of aliphatic hydroxyl groups excluding tert-OH is 1. The molecule has 1 rings (SSSR count). The maximum atomic E-state index is 10.1. The largest absolute Gasteiger partial charge is 0.392 e. The molecule has 1 aliphatic rings. The fourth-order valence-corrected chi connectivity index (χ4v) is 2.85. The van der Waals surface area contributed by atoms with Crippen molar-refractivity contribution in [1.29, 1.82) is 0 Å². The molecule has 3 heteroatoms. The van der Waals surface area contributed by atoms with Gasteiger partial charge in [-0.15, -0.1) is 0 Å². The highest BCUT2D eigenvalue weighted by molar-refractivity contribution is 4.99. The Balaban J connectivity index is 2.83. The molecule has 0 bridgehead atoms. The van der Waals surface area contributed by atoms with Gasteiger partial charge in [0.1, 0.15) is 0 Å². The highest BCUT2D eigenvalue weighted by Gasteiger charge is 2.52. The molecule has 0 unspecified atom stereocenters. The average molecular weight is 202 g/mol. The van der Waals surface area contributed by atoms with Gasteiger partial charge in [0.05, 0.1) is 6.10 Å². The van der Waals surface area contributed by atoms with Gasteiger partial charge in [-0.2, -0.15) is 0 Å². The second kappa shape index (κ2) is 3.80. The molecule has 2 atom stereocenters. The highest BCUT2D eigenvalue weighted by atomic mass is 16.7. The topological polar surface area (TPSA) is 38.7 Å². The quantitative estimate of drug-likeness (QED) is 0.709. The van der Waals surface area contributed by atoms with Crippen molar-refractivity contribution in [3.8, 4) is 0 Å². The Morgan fingerprint density at radius 3 is 2.00 bits per heavy atom. The van der Waals surface area contributed by atoms with Gasteiger partial charge in [-0.25, -0.2) is 0 Å². The third-order valence-electron chi connectivity index (χ3n) is 3.33. The van der Waals surface area contributed by atoms with Crippen molar-refractivity contribution in [2.45, 2.75) is 46.0 Å². The van der Waals surface area contributed by atoms with E-state index in [1.54, 1.807) is 14.2 Å². The van der Waals surface area contributed by atoms with E-state index in [-0.39, 0.29) is 23.2 Å². The Kier molecular flexibility index (Phi) is 3.24. The van der Waals surface area contributed by atoms with Crippen LogP contribution in [-0.2, 0) is 9.47 Å². The van der Waals surface area contributed by atoms with E-state index in [1.807, 2.05) is 6.92 Å². The van der Waals surface area contributed by atoms with Crippen LogP contribution >= 0.6 is 0 Å². The molecule has 0 heterocycles. The van der Waals surface area contributed by atoms with Crippen LogP contribution in [0, 0.1) is 10.8 Å². The molecule has 1 saturated carbocycles. The second-order valence-corrected chi connectivity index (χ2v) is 5.37. The molecule has 0 spiro atoms. The zero-order chi connectivity index (χ0) is 11.0. The van der Waals surface area contributed by atoms with Gasteiger partial charge in [-0.1, -0.05) is 20.8 Å². The number of rotatable bonds is 3. The fraction of sp³-hybridized carbons (Fsp3) is 1.00. The number of ether oxygens (including phenoxy) is 2. The van der Waals surface area contributed by atoms with Crippen LogP contribution in [0.5, 0.6) is 0 Å². The van der Waals surface area contributed by atoms with Crippen molar-refractivity contribution in [2.24, 2.45) is 10.8 Å². The van der Waals surface area contributed by atoms with Crippen molar-refractivity contribution in [3.05, 3.63) is 0 Å². The Hall–Kier alpha value is -0.120. The van der Waals surface area contributed by atoms with E-state index < -0.39 is 0 Å². The van der Waals surface area contributed by atoms with Gasteiger partial charge in [-0.05, 0) is 18.3 Å². The Morgan fingerprint density at radius 2 is 1.71 bits per heavy atom. The molecule has 0 amide bonds. The summed E-state index contributed by atoms with van der Waals surface area (Å²) in [4.78, 5) is 0. The Bertz CT molecular complexity index is 199. The van der Waals surface area contributed by atoms with Gasteiger partial charge in [0.2, 0.25) is 0 Å². The third kappa shape index (κ3) is 1.95. The smallest absolute Gasteiger partial charge is 0.164 e. The monoisotopic (exact) mass is 202 g/mol. The maximum absolute atomic E-state index is 10.1. The molecule has 84 valence electrons. The van der Waals surface area contributed by atoms with E-state index in [0.717, 1.165) is 12.8 Å². The van der Waals surface area contributed by atoms with Crippen molar-refractivity contribution in [3.63, 3.8) is 0 Å². The molecule has 14 heavy (non-hydrogen) atoms. The molecule has 0 radical (unpaired) electrons. The molecule has 1 N–H and O–H groups in total. The summed E-state index contributed by atoms with van der Waals surface area (Å²) in [5.74, 6) is 0. The van der Waals surface area contributed by atoms with Gasteiger partial charge in [0.15, 0.2) is 6.29 Å². The number of methoxy groups -OCH3 is 2. The lowest BCUT2D eigenvalue weighted by atomic mass is 9.82. The van der Waals surface area contributed by atoms with Crippen LogP contribution in [0.15, 0.2) is 0 Å². The average Bonchev–Trinajstić information content (AvgIpc) is 2.23. The van der Waals surface area contributed by atoms with Crippen molar-refractivity contribution >= 4 is 0 Å². The SMILES string of the molecule is COC(OC)[C@@]1(C)CC(C)(C)C[C@H]1O. The molecule has 1 fully saturated rings. The lowest BCUT2D eigenvalue weighted by Crippen LogP contribution is -2.41. The summed E-state index contributed by atoms with van der Waals surface area (Å²) in [5.41, 5.74) is -0.115. The standard InChI is InChI=1S/C11H22O3/c1-10(2)6-8(12)11(3,7-10)9(13-4)14-5/h8-9,12H,6-7H2,1-5H3/t8-,11+/m1/s1. The molecule has 3 nitrogen and oxygen atoms in total. The van der Waals surface area contributed by atoms with Gasteiger partial charge in [-0.3, -0.25) is 0 Å². The lowest BCUT2D eigenvalue weighted by molar-refractivity contribution is -0.196. The minimum Gasteiger partial charge on any atom is -0.392 e. The van der Waals surface area contributed by atoms with Crippen molar-refractivity contribution in [1.82, 2.24) is 0 Å². The van der Waals surface area contributed by atoms with E-state index in [0.29, 0.717) is 0 Å². The summed E-state index contributed by atoms with van der Waals surface area (Å²) in [6, 6.07) is 0. The van der Waals surface area contributed by atoms with E-state index in [4.69, 9.17) is 9.47 Å². The summed E-state index contributed by atoms with van der Waals surface area (Å²) < 4.78 is 10.5. The van der Waals surface area contributed by atoms with Gasteiger partial charge in [0, 0.05) is 19.6 Å². The maximum Gasteiger partial charge on any atom is 0.164 e. The third-order valence-corrected chi connectivity index (χ3v) is 3.33. The molecular weight excluding hydrogens is 180 g/mol. The summed E-state index contributed by atoms with van der Waals surface area (Å²) in [7, 11) is 3.24. The predicted octanol–water partition coefficient (Wildman–Crippen LogP) is 1.79. The van der Waals surface area contributed by atoms with Crippen molar-refractivity contribution in [2.75, 3.05) is 14.2 Å². The fourth-order valence-electron chi connectivity index (χ4n) is 2.85. The van der Waals surface area contributed by atoms with Gasteiger partial charge >= 0.3 is 0 Å². The van der Waals surface area contributed by atoms with E-state index in [1.165, 1.54) is 0 Å². The van der Waals surface area contributed by atoms with Crippen LogP contribution in [0.2, 0.25) is 0 Å². The van der Waals surface area contributed by atoms with Gasteiger partial charge in [0.25, 0.3) is 0 Å². The zero-order valence-electron chi connectivity index (χ0n) is 9.83. The first-order chi connectivity index (χ1) is 6.35. The predicted molar refractivity (Wildman–Crippen MR) is 54.9 cm³/mol.